The van der Waals surface area contributed by atoms with Crippen LogP contribution in [0.25, 0.3) is 0 Å². The zero-order valence-electron chi connectivity index (χ0n) is 13.7. The van der Waals surface area contributed by atoms with Crippen LogP contribution in [0.1, 0.15) is 35.6 Å². The van der Waals surface area contributed by atoms with Crippen molar-refractivity contribution in [1.82, 2.24) is 9.78 Å². The van der Waals surface area contributed by atoms with Gasteiger partial charge in [0.1, 0.15) is 0 Å². The third kappa shape index (κ3) is 3.40. The van der Waals surface area contributed by atoms with E-state index < -0.39 is 0 Å². The molecule has 2 aromatic rings. The van der Waals surface area contributed by atoms with E-state index in [4.69, 9.17) is 0 Å². The molecule has 2 rings (SSSR count). The Hall–Kier alpha value is -1.62. The molecule has 1 heterocycles. The van der Waals surface area contributed by atoms with Crippen LogP contribution in [0.15, 0.2) is 28.7 Å². The van der Waals surface area contributed by atoms with E-state index in [1.54, 1.807) is 0 Å². The molecule has 0 atom stereocenters. The van der Waals surface area contributed by atoms with Gasteiger partial charge in [0.25, 0.3) is 5.91 Å². The molecule has 22 heavy (non-hydrogen) atoms. The van der Waals surface area contributed by atoms with Crippen LogP contribution in [0.2, 0.25) is 0 Å². The first-order chi connectivity index (χ1) is 10.3. The van der Waals surface area contributed by atoms with Crippen LogP contribution in [0, 0.1) is 19.8 Å². The van der Waals surface area contributed by atoms with Gasteiger partial charge in [0, 0.05) is 23.6 Å². The smallest absolute Gasteiger partial charge is 0.258 e. The highest BCUT2D eigenvalue weighted by Crippen LogP contribution is 2.27. The van der Waals surface area contributed by atoms with Crippen LogP contribution in [-0.4, -0.2) is 22.2 Å². The predicted octanol–water partition coefficient (Wildman–Crippen LogP) is 4.10. The highest BCUT2D eigenvalue weighted by Gasteiger charge is 2.24. The third-order valence-corrected chi connectivity index (χ3v) is 4.15. The second-order valence-corrected chi connectivity index (χ2v) is 6.88. The van der Waals surface area contributed by atoms with Crippen molar-refractivity contribution >= 4 is 27.5 Å². The van der Waals surface area contributed by atoms with Crippen molar-refractivity contribution in [3.05, 3.63) is 45.7 Å². The monoisotopic (exact) mass is 363 g/mol. The fourth-order valence-electron chi connectivity index (χ4n) is 2.54. The second-order valence-electron chi connectivity index (χ2n) is 5.96. The molecule has 0 aliphatic carbocycles. The summed E-state index contributed by atoms with van der Waals surface area (Å²) in [6.45, 7) is 8.84. The summed E-state index contributed by atoms with van der Waals surface area (Å²) < 4.78 is 2.79. The number of hydrogen-bond acceptors (Lipinski definition) is 2. The summed E-state index contributed by atoms with van der Waals surface area (Å²) in [5, 5.41) is 4.44. The lowest BCUT2D eigenvalue weighted by Crippen LogP contribution is -2.35. The number of aromatic nitrogens is 2. The first kappa shape index (κ1) is 16.7. The zero-order valence-corrected chi connectivity index (χ0v) is 15.3. The SMILES string of the molecule is Cc1nn(C)c(C)c1N(CC(C)C)C(=O)c1ccc(Br)cc1. The van der Waals surface area contributed by atoms with E-state index in [9.17, 15) is 4.79 Å². The lowest BCUT2D eigenvalue weighted by molar-refractivity contribution is 0.0983. The maximum atomic E-state index is 13.0. The van der Waals surface area contributed by atoms with E-state index in [0.717, 1.165) is 21.5 Å². The Labute approximate surface area is 140 Å². The molecule has 0 aliphatic rings. The maximum Gasteiger partial charge on any atom is 0.258 e. The van der Waals surface area contributed by atoms with Crippen molar-refractivity contribution in [2.45, 2.75) is 27.7 Å². The quantitative estimate of drug-likeness (QED) is 0.819. The van der Waals surface area contributed by atoms with Crippen molar-refractivity contribution in [2.75, 3.05) is 11.4 Å². The molecular weight excluding hydrogens is 342 g/mol. The second kappa shape index (κ2) is 6.65. The Balaban J connectivity index is 2.46. The molecule has 0 saturated heterocycles. The molecule has 0 bridgehead atoms. The van der Waals surface area contributed by atoms with Gasteiger partial charge in [-0.2, -0.15) is 5.10 Å². The Morgan fingerprint density at radius 1 is 1.27 bits per heavy atom. The number of benzene rings is 1. The molecule has 0 radical (unpaired) electrons. The molecular formula is C17H22BrN3O. The third-order valence-electron chi connectivity index (χ3n) is 3.62. The summed E-state index contributed by atoms with van der Waals surface area (Å²) >= 11 is 3.41. The van der Waals surface area contributed by atoms with Gasteiger partial charge in [-0.05, 0) is 44.0 Å². The Bertz CT molecular complexity index is 674. The minimum absolute atomic E-state index is 0.0143. The van der Waals surface area contributed by atoms with Crippen LogP contribution in [-0.2, 0) is 7.05 Å². The highest BCUT2D eigenvalue weighted by molar-refractivity contribution is 9.10. The van der Waals surface area contributed by atoms with Gasteiger partial charge in [0.05, 0.1) is 17.1 Å². The molecule has 0 N–H and O–H groups in total. The number of aryl methyl sites for hydroxylation is 2. The van der Waals surface area contributed by atoms with Gasteiger partial charge < -0.3 is 4.90 Å². The van der Waals surface area contributed by atoms with Crippen molar-refractivity contribution in [2.24, 2.45) is 13.0 Å². The number of carbonyl (C=O) groups is 1. The summed E-state index contributed by atoms with van der Waals surface area (Å²) in [6, 6.07) is 7.48. The van der Waals surface area contributed by atoms with Gasteiger partial charge in [0.15, 0.2) is 0 Å². The van der Waals surface area contributed by atoms with Crippen LogP contribution < -0.4 is 4.90 Å². The number of amides is 1. The van der Waals surface area contributed by atoms with E-state index in [0.29, 0.717) is 18.0 Å². The molecule has 1 aromatic heterocycles. The Morgan fingerprint density at radius 3 is 2.32 bits per heavy atom. The first-order valence-electron chi connectivity index (χ1n) is 7.39. The number of anilines is 1. The van der Waals surface area contributed by atoms with Crippen molar-refractivity contribution in [3.63, 3.8) is 0 Å². The van der Waals surface area contributed by atoms with Gasteiger partial charge in [-0.1, -0.05) is 29.8 Å². The number of rotatable bonds is 4. The molecule has 0 aliphatic heterocycles. The molecule has 0 fully saturated rings. The average molecular weight is 364 g/mol. The summed E-state index contributed by atoms with van der Waals surface area (Å²) in [5.41, 5.74) is 3.49. The fraction of sp³-hybridized carbons (Fsp3) is 0.412. The lowest BCUT2D eigenvalue weighted by atomic mass is 10.1. The topological polar surface area (TPSA) is 38.1 Å². The predicted molar refractivity (Wildman–Crippen MR) is 93.3 cm³/mol. The normalized spacial score (nSPS) is 11.0. The van der Waals surface area contributed by atoms with E-state index in [-0.39, 0.29) is 5.91 Å². The first-order valence-corrected chi connectivity index (χ1v) is 8.18. The Morgan fingerprint density at radius 2 is 1.86 bits per heavy atom. The standard InChI is InChI=1S/C17H22BrN3O/c1-11(2)10-21(16-12(3)19-20(5)13(16)4)17(22)14-6-8-15(18)9-7-14/h6-9,11H,10H2,1-5H3. The molecule has 5 heteroatoms. The van der Waals surface area contributed by atoms with Gasteiger partial charge in [0.2, 0.25) is 0 Å². The summed E-state index contributed by atoms with van der Waals surface area (Å²) in [7, 11) is 1.91. The van der Waals surface area contributed by atoms with Gasteiger partial charge in [-0.25, -0.2) is 0 Å². The number of hydrogen-bond donors (Lipinski definition) is 0. The molecule has 4 nitrogen and oxygen atoms in total. The van der Waals surface area contributed by atoms with Gasteiger partial charge in [-0.3, -0.25) is 9.48 Å². The van der Waals surface area contributed by atoms with Gasteiger partial charge >= 0.3 is 0 Å². The van der Waals surface area contributed by atoms with Crippen LogP contribution in [0.3, 0.4) is 0 Å². The minimum Gasteiger partial charge on any atom is -0.305 e. The van der Waals surface area contributed by atoms with Crippen LogP contribution >= 0.6 is 15.9 Å². The van der Waals surface area contributed by atoms with Crippen molar-refractivity contribution in [1.29, 1.82) is 0 Å². The number of carbonyl (C=O) groups excluding carboxylic acids is 1. The number of nitrogens with zero attached hydrogens (tertiary/aromatic N) is 3. The van der Waals surface area contributed by atoms with Crippen LogP contribution in [0.4, 0.5) is 5.69 Å². The average Bonchev–Trinajstić information content (AvgIpc) is 2.70. The molecule has 1 aromatic carbocycles. The minimum atomic E-state index is 0.0143. The van der Waals surface area contributed by atoms with E-state index in [1.807, 2.05) is 54.7 Å². The van der Waals surface area contributed by atoms with Crippen LogP contribution in [0.5, 0.6) is 0 Å². The fourth-order valence-corrected chi connectivity index (χ4v) is 2.81. The van der Waals surface area contributed by atoms with Crippen molar-refractivity contribution in [3.8, 4) is 0 Å². The summed E-state index contributed by atoms with van der Waals surface area (Å²) in [4.78, 5) is 14.8. The lowest BCUT2D eigenvalue weighted by Gasteiger charge is -2.25. The van der Waals surface area contributed by atoms with Gasteiger partial charge in [-0.15, -0.1) is 0 Å². The van der Waals surface area contributed by atoms with E-state index in [2.05, 4.69) is 34.9 Å². The molecule has 1 amide bonds. The zero-order chi connectivity index (χ0) is 16.4. The Kier molecular flexibility index (Phi) is 5.06. The van der Waals surface area contributed by atoms with Crippen molar-refractivity contribution < 1.29 is 4.79 Å². The highest BCUT2D eigenvalue weighted by atomic mass is 79.9. The largest absolute Gasteiger partial charge is 0.305 e. The molecule has 0 saturated carbocycles. The van der Waals surface area contributed by atoms with E-state index in [1.165, 1.54) is 0 Å². The molecule has 118 valence electrons. The van der Waals surface area contributed by atoms with E-state index >= 15 is 0 Å². The summed E-state index contributed by atoms with van der Waals surface area (Å²) in [6.07, 6.45) is 0. The number of halogens is 1. The summed E-state index contributed by atoms with van der Waals surface area (Å²) in [5.74, 6) is 0.388. The maximum absolute atomic E-state index is 13.0. The molecule has 0 unspecified atom stereocenters. The molecule has 0 spiro atoms.